The first kappa shape index (κ1) is 20.2. The second-order valence-corrected chi connectivity index (χ2v) is 7.54. The van der Waals surface area contributed by atoms with Crippen LogP contribution in [0.2, 0.25) is 5.02 Å². The van der Waals surface area contributed by atoms with Crippen LogP contribution in [0, 0.1) is 0 Å². The van der Waals surface area contributed by atoms with Crippen LogP contribution in [0.1, 0.15) is 40.6 Å². The second kappa shape index (κ2) is 8.71. The predicted molar refractivity (Wildman–Crippen MR) is 115 cm³/mol. The van der Waals surface area contributed by atoms with Crippen molar-refractivity contribution in [3.05, 3.63) is 70.9 Å². The van der Waals surface area contributed by atoms with Crippen LogP contribution in [0.25, 0.3) is 16.9 Å². The Balaban J connectivity index is 1.70. The minimum atomic E-state index is -0.479. The fourth-order valence-corrected chi connectivity index (χ4v) is 3.68. The average Bonchev–Trinajstić information content (AvgIpc) is 3.45. The molecule has 3 aromatic rings. The molecule has 7 heteroatoms. The number of esters is 1. The molecule has 4 rings (SSSR count). The SMILES string of the molecule is CCOC(=O)c1cc(-c2ccc(Cl)cc2)n(-c2ccc(C(=O)N3CCCC3)cc2)n1. The summed E-state index contributed by atoms with van der Waals surface area (Å²) < 4.78 is 6.79. The molecule has 0 saturated carbocycles. The Hall–Kier alpha value is -3.12. The van der Waals surface area contributed by atoms with Gasteiger partial charge in [-0.3, -0.25) is 4.79 Å². The Labute approximate surface area is 180 Å². The summed E-state index contributed by atoms with van der Waals surface area (Å²) in [6.45, 7) is 3.65. The van der Waals surface area contributed by atoms with E-state index in [9.17, 15) is 9.59 Å². The van der Waals surface area contributed by atoms with Gasteiger partial charge in [-0.05, 0) is 62.2 Å². The Morgan fingerprint density at radius 1 is 1.03 bits per heavy atom. The molecule has 0 spiro atoms. The molecular formula is C23H22ClN3O3. The van der Waals surface area contributed by atoms with Gasteiger partial charge in [0.2, 0.25) is 0 Å². The summed E-state index contributed by atoms with van der Waals surface area (Å²) in [4.78, 5) is 26.7. The number of ether oxygens (including phenoxy) is 1. The Kier molecular flexibility index (Phi) is 5.86. The second-order valence-electron chi connectivity index (χ2n) is 7.10. The zero-order valence-electron chi connectivity index (χ0n) is 16.7. The number of benzene rings is 2. The topological polar surface area (TPSA) is 64.4 Å². The highest BCUT2D eigenvalue weighted by atomic mass is 35.5. The van der Waals surface area contributed by atoms with Crippen molar-refractivity contribution in [3.8, 4) is 16.9 Å². The van der Waals surface area contributed by atoms with E-state index in [0.29, 0.717) is 10.6 Å². The molecule has 0 radical (unpaired) electrons. The van der Waals surface area contributed by atoms with Crippen LogP contribution in [0.5, 0.6) is 0 Å². The fourth-order valence-electron chi connectivity index (χ4n) is 3.56. The number of hydrogen-bond acceptors (Lipinski definition) is 4. The zero-order chi connectivity index (χ0) is 21.1. The van der Waals surface area contributed by atoms with Gasteiger partial charge in [0.05, 0.1) is 18.0 Å². The lowest BCUT2D eigenvalue weighted by Gasteiger charge is -2.15. The molecule has 0 unspecified atom stereocenters. The van der Waals surface area contributed by atoms with E-state index in [2.05, 4.69) is 5.10 Å². The standard InChI is InChI=1S/C23H22ClN3O3/c1-2-30-23(29)20-15-21(16-5-9-18(24)10-6-16)27(25-20)19-11-7-17(8-12-19)22(28)26-13-3-4-14-26/h5-12,15H,2-4,13-14H2,1H3. The molecular weight excluding hydrogens is 402 g/mol. The molecule has 30 heavy (non-hydrogen) atoms. The lowest BCUT2D eigenvalue weighted by Crippen LogP contribution is -2.27. The molecule has 1 aliphatic heterocycles. The van der Waals surface area contributed by atoms with Crippen molar-refractivity contribution in [1.82, 2.24) is 14.7 Å². The van der Waals surface area contributed by atoms with E-state index in [1.807, 2.05) is 29.2 Å². The van der Waals surface area contributed by atoms with Gasteiger partial charge in [-0.1, -0.05) is 23.7 Å². The summed E-state index contributed by atoms with van der Waals surface area (Å²) in [6.07, 6.45) is 2.11. The van der Waals surface area contributed by atoms with Gasteiger partial charge >= 0.3 is 5.97 Å². The van der Waals surface area contributed by atoms with E-state index in [-0.39, 0.29) is 18.2 Å². The largest absolute Gasteiger partial charge is 0.461 e. The van der Waals surface area contributed by atoms with Crippen LogP contribution in [0.3, 0.4) is 0 Å². The van der Waals surface area contributed by atoms with E-state index in [0.717, 1.165) is 42.9 Å². The predicted octanol–water partition coefficient (Wildman–Crippen LogP) is 4.61. The van der Waals surface area contributed by atoms with Crippen LogP contribution in [-0.4, -0.2) is 46.3 Å². The van der Waals surface area contributed by atoms with Gasteiger partial charge in [0.1, 0.15) is 0 Å². The number of carbonyl (C=O) groups is 2. The molecule has 0 aliphatic carbocycles. The number of aromatic nitrogens is 2. The van der Waals surface area contributed by atoms with Crippen molar-refractivity contribution < 1.29 is 14.3 Å². The molecule has 1 amide bonds. The van der Waals surface area contributed by atoms with Gasteiger partial charge in [0, 0.05) is 29.2 Å². The molecule has 1 fully saturated rings. The summed E-state index contributed by atoms with van der Waals surface area (Å²) in [5, 5.41) is 5.09. The minimum Gasteiger partial charge on any atom is -0.461 e. The van der Waals surface area contributed by atoms with Gasteiger partial charge in [0.25, 0.3) is 5.91 Å². The van der Waals surface area contributed by atoms with E-state index >= 15 is 0 Å². The van der Waals surface area contributed by atoms with Crippen molar-refractivity contribution in [3.63, 3.8) is 0 Å². The number of halogens is 1. The van der Waals surface area contributed by atoms with Crippen molar-refractivity contribution >= 4 is 23.5 Å². The van der Waals surface area contributed by atoms with Crippen LogP contribution < -0.4 is 0 Å². The van der Waals surface area contributed by atoms with Crippen LogP contribution >= 0.6 is 11.6 Å². The maximum atomic E-state index is 12.6. The minimum absolute atomic E-state index is 0.0460. The molecule has 1 aromatic heterocycles. The molecule has 154 valence electrons. The summed E-state index contributed by atoms with van der Waals surface area (Å²) in [5.41, 5.74) is 3.20. The Morgan fingerprint density at radius 2 is 1.70 bits per heavy atom. The molecule has 0 N–H and O–H groups in total. The van der Waals surface area contributed by atoms with Crippen molar-refractivity contribution in [1.29, 1.82) is 0 Å². The Bertz CT molecular complexity index is 1050. The van der Waals surface area contributed by atoms with E-state index < -0.39 is 5.97 Å². The molecule has 6 nitrogen and oxygen atoms in total. The van der Waals surface area contributed by atoms with Gasteiger partial charge in [-0.15, -0.1) is 0 Å². The molecule has 0 bridgehead atoms. The van der Waals surface area contributed by atoms with Gasteiger partial charge in [0.15, 0.2) is 5.69 Å². The normalized spacial score (nSPS) is 13.5. The molecule has 1 aliphatic rings. The highest BCUT2D eigenvalue weighted by Crippen LogP contribution is 2.26. The lowest BCUT2D eigenvalue weighted by atomic mass is 10.1. The van der Waals surface area contributed by atoms with Crippen LogP contribution in [0.4, 0.5) is 0 Å². The summed E-state index contributed by atoms with van der Waals surface area (Å²) in [5.74, 6) is -0.433. The number of amides is 1. The van der Waals surface area contributed by atoms with Crippen molar-refractivity contribution in [2.24, 2.45) is 0 Å². The zero-order valence-corrected chi connectivity index (χ0v) is 17.4. The molecule has 2 heterocycles. The van der Waals surface area contributed by atoms with Crippen molar-refractivity contribution in [2.45, 2.75) is 19.8 Å². The van der Waals surface area contributed by atoms with E-state index in [1.165, 1.54) is 0 Å². The van der Waals surface area contributed by atoms with Crippen LogP contribution in [-0.2, 0) is 4.74 Å². The molecule has 1 saturated heterocycles. The Morgan fingerprint density at radius 3 is 2.33 bits per heavy atom. The first-order valence-corrected chi connectivity index (χ1v) is 10.4. The van der Waals surface area contributed by atoms with E-state index in [1.54, 1.807) is 41.9 Å². The number of hydrogen-bond donors (Lipinski definition) is 0. The number of likely N-dealkylation sites (tertiary alicyclic amines) is 1. The first-order chi connectivity index (χ1) is 14.6. The van der Waals surface area contributed by atoms with Crippen molar-refractivity contribution in [2.75, 3.05) is 19.7 Å². The maximum absolute atomic E-state index is 12.6. The third kappa shape index (κ3) is 4.09. The number of carbonyl (C=O) groups excluding carboxylic acids is 2. The fraction of sp³-hybridized carbons (Fsp3) is 0.261. The monoisotopic (exact) mass is 423 g/mol. The number of rotatable bonds is 5. The highest BCUT2D eigenvalue weighted by Gasteiger charge is 2.21. The summed E-state index contributed by atoms with van der Waals surface area (Å²) >= 11 is 6.02. The average molecular weight is 424 g/mol. The van der Waals surface area contributed by atoms with Gasteiger partial charge in [-0.2, -0.15) is 5.10 Å². The molecule has 0 atom stereocenters. The highest BCUT2D eigenvalue weighted by molar-refractivity contribution is 6.30. The quantitative estimate of drug-likeness (QED) is 0.562. The third-order valence-electron chi connectivity index (χ3n) is 5.09. The van der Waals surface area contributed by atoms with Gasteiger partial charge < -0.3 is 9.64 Å². The van der Waals surface area contributed by atoms with Gasteiger partial charge in [-0.25, -0.2) is 9.48 Å². The lowest BCUT2D eigenvalue weighted by molar-refractivity contribution is 0.0518. The first-order valence-electron chi connectivity index (χ1n) is 9.99. The van der Waals surface area contributed by atoms with Crippen LogP contribution in [0.15, 0.2) is 54.6 Å². The van der Waals surface area contributed by atoms with E-state index in [4.69, 9.17) is 16.3 Å². The number of nitrogens with zero attached hydrogens (tertiary/aromatic N) is 3. The smallest absolute Gasteiger partial charge is 0.358 e. The third-order valence-corrected chi connectivity index (χ3v) is 5.34. The summed E-state index contributed by atoms with van der Waals surface area (Å²) in [6, 6.07) is 16.3. The molecule has 2 aromatic carbocycles. The maximum Gasteiger partial charge on any atom is 0.358 e. The summed E-state index contributed by atoms with van der Waals surface area (Å²) in [7, 11) is 0.